The van der Waals surface area contributed by atoms with Gasteiger partial charge in [0.1, 0.15) is 11.5 Å². The van der Waals surface area contributed by atoms with Crippen LogP contribution >= 0.6 is 0 Å². The van der Waals surface area contributed by atoms with Crippen LogP contribution in [0, 0.1) is 5.41 Å². The van der Waals surface area contributed by atoms with Crippen molar-refractivity contribution in [2.45, 2.75) is 53.7 Å². The number of aromatic nitrogens is 1. The molecule has 0 bridgehead atoms. The van der Waals surface area contributed by atoms with Gasteiger partial charge in [0.15, 0.2) is 0 Å². The first-order valence-electron chi connectivity index (χ1n) is 8.79. The number of benzene rings is 1. The second-order valence-corrected chi connectivity index (χ2v) is 7.50. The summed E-state index contributed by atoms with van der Waals surface area (Å²) in [4.78, 5) is 13.0. The highest BCUT2D eigenvalue weighted by molar-refractivity contribution is 5.89. The topological polar surface area (TPSA) is 60.7 Å². The van der Waals surface area contributed by atoms with Gasteiger partial charge in [0.25, 0.3) is 5.56 Å². The predicted octanol–water partition coefficient (Wildman–Crippen LogP) is 3.73. The zero-order chi connectivity index (χ0) is 18.6. The lowest BCUT2D eigenvalue weighted by molar-refractivity contribution is 0.237. The Hall–Kier alpha value is -2.01. The molecule has 2 rings (SSSR count). The van der Waals surface area contributed by atoms with Gasteiger partial charge in [0.2, 0.25) is 0 Å². The molecule has 25 heavy (non-hydrogen) atoms. The smallest absolute Gasteiger partial charge is 0.258 e. The molecule has 0 amide bonds. The van der Waals surface area contributed by atoms with Crippen LogP contribution in [0.15, 0.2) is 23.0 Å². The Bertz CT molecular complexity index is 787. The second-order valence-electron chi connectivity index (χ2n) is 7.50. The number of aliphatic hydroxyl groups excluding tert-OH is 1. The SMILES string of the molecule is CCCCOc1c(CO)n(CC(C)(C)C)c(=O)c2ccc(OC)cc12. The van der Waals surface area contributed by atoms with Gasteiger partial charge in [0, 0.05) is 11.9 Å². The van der Waals surface area contributed by atoms with Crippen LogP contribution < -0.4 is 15.0 Å². The van der Waals surface area contributed by atoms with Crippen LogP contribution in [0.1, 0.15) is 46.2 Å². The molecule has 5 nitrogen and oxygen atoms in total. The summed E-state index contributed by atoms with van der Waals surface area (Å²) >= 11 is 0. The van der Waals surface area contributed by atoms with Gasteiger partial charge in [-0.1, -0.05) is 34.1 Å². The van der Waals surface area contributed by atoms with Crippen molar-refractivity contribution in [2.75, 3.05) is 13.7 Å². The van der Waals surface area contributed by atoms with Crippen molar-refractivity contribution in [3.05, 3.63) is 34.2 Å². The maximum atomic E-state index is 13.0. The minimum absolute atomic E-state index is 0.103. The van der Waals surface area contributed by atoms with Gasteiger partial charge < -0.3 is 19.1 Å². The Morgan fingerprint density at radius 2 is 1.92 bits per heavy atom. The van der Waals surface area contributed by atoms with Gasteiger partial charge in [-0.3, -0.25) is 4.79 Å². The molecule has 0 aliphatic carbocycles. The molecule has 1 N–H and O–H groups in total. The van der Waals surface area contributed by atoms with E-state index in [0.29, 0.717) is 41.1 Å². The van der Waals surface area contributed by atoms with Crippen LogP contribution in [0.5, 0.6) is 11.5 Å². The molecular formula is C20H29NO4. The molecule has 1 aromatic carbocycles. The lowest BCUT2D eigenvalue weighted by Gasteiger charge is -2.25. The monoisotopic (exact) mass is 347 g/mol. The molecule has 0 aliphatic rings. The van der Waals surface area contributed by atoms with Crippen LogP contribution in [0.3, 0.4) is 0 Å². The fourth-order valence-corrected chi connectivity index (χ4v) is 2.85. The fraction of sp³-hybridized carbons (Fsp3) is 0.550. The van der Waals surface area contributed by atoms with Crippen molar-refractivity contribution in [1.82, 2.24) is 4.57 Å². The minimum Gasteiger partial charge on any atom is -0.497 e. The summed E-state index contributed by atoms with van der Waals surface area (Å²) in [5.41, 5.74) is 0.311. The maximum absolute atomic E-state index is 13.0. The number of unbranched alkanes of at least 4 members (excludes halogenated alkanes) is 1. The molecule has 0 radical (unpaired) electrons. The number of ether oxygens (including phenoxy) is 2. The van der Waals surface area contributed by atoms with E-state index in [2.05, 4.69) is 27.7 Å². The summed E-state index contributed by atoms with van der Waals surface area (Å²) in [6.45, 7) is 9.10. The van der Waals surface area contributed by atoms with Crippen molar-refractivity contribution < 1.29 is 14.6 Å². The highest BCUT2D eigenvalue weighted by atomic mass is 16.5. The van der Waals surface area contributed by atoms with Crippen molar-refractivity contribution in [1.29, 1.82) is 0 Å². The molecule has 5 heteroatoms. The van der Waals surface area contributed by atoms with Crippen molar-refractivity contribution in [3.8, 4) is 11.5 Å². The number of nitrogens with zero attached hydrogens (tertiary/aromatic N) is 1. The van der Waals surface area contributed by atoms with E-state index in [1.807, 2.05) is 0 Å². The van der Waals surface area contributed by atoms with Crippen LogP contribution in [-0.2, 0) is 13.2 Å². The molecule has 1 aromatic heterocycles. The summed E-state index contributed by atoms with van der Waals surface area (Å²) in [6, 6.07) is 5.35. The highest BCUT2D eigenvalue weighted by Gasteiger charge is 2.21. The van der Waals surface area contributed by atoms with E-state index in [-0.39, 0.29) is 17.6 Å². The third-order valence-corrected chi connectivity index (χ3v) is 4.06. The van der Waals surface area contributed by atoms with Crippen molar-refractivity contribution in [2.24, 2.45) is 5.41 Å². The van der Waals surface area contributed by atoms with Gasteiger partial charge in [-0.15, -0.1) is 0 Å². The Morgan fingerprint density at radius 1 is 1.20 bits per heavy atom. The van der Waals surface area contributed by atoms with E-state index in [4.69, 9.17) is 9.47 Å². The standard InChI is InChI=1S/C20H29NO4/c1-6-7-10-25-18-16-11-14(24-5)8-9-15(16)19(23)21(17(18)12-22)13-20(2,3)4/h8-9,11,22H,6-7,10,12-13H2,1-5H3. The Balaban J connectivity index is 2.75. The third-order valence-electron chi connectivity index (χ3n) is 4.06. The van der Waals surface area contributed by atoms with Crippen molar-refractivity contribution >= 4 is 10.8 Å². The van der Waals surface area contributed by atoms with Gasteiger partial charge in [-0.25, -0.2) is 0 Å². The van der Waals surface area contributed by atoms with Gasteiger partial charge in [-0.05, 0) is 30.0 Å². The number of hydrogen-bond donors (Lipinski definition) is 1. The molecule has 0 aliphatic heterocycles. The van der Waals surface area contributed by atoms with Gasteiger partial charge in [-0.2, -0.15) is 0 Å². The molecule has 138 valence electrons. The molecule has 0 unspecified atom stereocenters. The highest BCUT2D eigenvalue weighted by Crippen LogP contribution is 2.32. The maximum Gasteiger partial charge on any atom is 0.258 e. The van der Waals surface area contributed by atoms with E-state index < -0.39 is 0 Å². The zero-order valence-corrected chi connectivity index (χ0v) is 15.9. The Labute approximate surface area is 149 Å². The van der Waals surface area contributed by atoms with E-state index in [1.165, 1.54) is 0 Å². The first-order valence-corrected chi connectivity index (χ1v) is 8.79. The number of hydrogen-bond acceptors (Lipinski definition) is 4. The molecular weight excluding hydrogens is 318 g/mol. The van der Waals surface area contributed by atoms with Crippen molar-refractivity contribution in [3.63, 3.8) is 0 Å². The molecule has 0 atom stereocenters. The summed E-state index contributed by atoms with van der Waals surface area (Å²) < 4.78 is 13.0. The van der Waals surface area contributed by atoms with E-state index >= 15 is 0 Å². The van der Waals surface area contributed by atoms with E-state index in [1.54, 1.807) is 29.9 Å². The van der Waals surface area contributed by atoms with E-state index in [9.17, 15) is 9.90 Å². The Morgan fingerprint density at radius 3 is 2.48 bits per heavy atom. The Kier molecular flexibility index (Phi) is 6.11. The second kappa shape index (κ2) is 7.91. The molecule has 2 aromatic rings. The average molecular weight is 347 g/mol. The lowest BCUT2D eigenvalue weighted by Crippen LogP contribution is -2.30. The first kappa shape index (κ1) is 19.3. The van der Waals surface area contributed by atoms with Gasteiger partial charge in [0.05, 0.1) is 31.4 Å². The number of pyridine rings is 1. The van der Waals surface area contributed by atoms with Gasteiger partial charge >= 0.3 is 0 Å². The summed E-state index contributed by atoms with van der Waals surface area (Å²) in [7, 11) is 1.59. The lowest BCUT2D eigenvalue weighted by atomic mass is 9.96. The molecule has 0 spiro atoms. The van der Waals surface area contributed by atoms with E-state index in [0.717, 1.165) is 12.8 Å². The summed E-state index contributed by atoms with van der Waals surface area (Å²) in [5.74, 6) is 1.23. The number of rotatable bonds is 7. The van der Waals surface area contributed by atoms with Crippen LogP contribution in [-0.4, -0.2) is 23.4 Å². The molecule has 0 saturated carbocycles. The summed E-state index contributed by atoms with van der Waals surface area (Å²) in [5, 5.41) is 11.3. The quantitative estimate of drug-likeness (QED) is 0.775. The van der Waals surface area contributed by atoms with Crippen LogP contribution in [0.2, 0.25) is 0 Å². The normalized spacial score (nSPS) is 11.8. The molecule has 0 saturated heterocycles. The van der Waals surface area contributed by atoms with Crippen LogP contribution in [0.25, 0.3) is 10.8 Å². The number of aliphatic hydroxyl groups is 1. The largest absolute Gasteiger partial charge is 0.497 e. The fourth-order valence-electron chi connectivity index (χ4n) is 2.85. The number of fused-ring (bicyclic) bond motifs is 1. The predicted molar refractivity (Wildman–Crippen MR) is 101 cm³/mol. The molecule has 0 fully saturated rings. The van der Waals surface area contributed by atoms with Crippen LogP contribution in [0.4, 0.5) is 0 Å². The molecule has 1 heterocycles. The zero-order valence-electron chi connectivity index (χ0n) is 15.9. The average Bonchev–Trinajstić information content (AvgIpc) is 2.57. The first-order chi connectivity index (χ1) is 11.8. The third kappa shape index (κ3) is 4.34. The summed E-state index contributed by atoms with van der Waals surface area (Å²) in [6.07, 6.45) is 1.92. The minimum atomic E-state index is -0.250. The number of methoxy groups -OCH3 is 1.